The second kappa shape index (κ2) is 8.19. The first kappa shape index (κ1) is 22.8. The number of halogens is 3. The van der Waals surface area contributed by atoms with Crippen LogP contribution in [0.25, 0.3) is 10.9 Å². The minimum Gasteiger partial charge on any atom is -0.379 e. The van der Waals surface area contributed by atoms with E-state index in [2.05, 4.69) is 21.2 Å². The summed E-state index contributed by atoms with van der Waals surface area (Å²) in [6, 6.07) is 4.47. The Bertz CT molecular complexity index is 1320. The minimum atomic E-state index is -4.49. The Balaban J connectivity index is 1.83. The van der Waals surface area contributed by atoms with Gasteiger partial charge in [0.1, 0.15) is 17.7 Å². The molecular formula is C24H23F3N4O2. The molecule has 1 fully saturated rings. The van der Waals surface area contributed by atoms with Gasteiger partial charge in [0.25, 0.3) is 5.56 Å². The van der Waals surface area contributed by atoms with E-state index in [4.69, 9.17) is 11.2 Å². The molecule has 1 saturated heterocycles. The van der Waals surface area contributed by atoms with Gasteiger partial charge in [0, 0.05) is 18.9 Å². The highest BCUT2D eigenvalue weighted by atomic mass is 19.4. The topological polar surface area (TPSA) is 69.0 Å². The SMILES string of the molecule is C#C[C@@H](Nc1nc(C)nc2cc(=O)n(C3(C)CCOC3)cc12)c1cccc(C(F)(F)F)c1C. The first-order valence-electron chi connectivity index (χ1n) is 10.4. The van der Waals surface area contributed by atoms with Crippen molar-refractivity contribution in [1.82, 2.24) is 14.5 Å². The summed E-state index contributed by atoms with van der Waals surface area (Å²) in [5.74, 6) is 3.27. The van der Waals surface area contributed by atoms with Crippen molar-refractivity contribution in [2.45, 2.75) is 44.9 Å². The van der Waals surface area contributed by atoms with Crippen LogP contribution in [0.2, 0.25) is 0 Å². The molecule has 1 aromatic carbocycles. The molecule has 0 aliphatic carbocycles. The molecule has 1 aliphatic heterocycles. The van der Waals surface area contributed by atoms with Gasteiger partial charge in [0.05, 0.1) is 28.6 Å². The van der Waals surface area contributed by atoms with E-state index in [0.29, 0.717) is 47.7 Å². The molecule has 9 heteroatoms. The Hall–Kier alpha value is -3.38. The van der Waals surface area contributed by atoms with Gasteiger partial charge in [-0.15, -0.1) is 6.42 Å². The summed E-state index contributed by atoms with van der Waals surface area (Å²) in [4.78, 5) is 21.6. The van der Waals surface area contributed by atoms with Gasteiger partial charge in [-0.05, 0) is 44.4 Å². The average molecular weight is 456 g/mol. The van der Waals surface area contributed by atoms with Crippen molar-refractivity contribution in [2.24, 2.45) is 0 Å². The molecule has 0 spiro atoms. The number of ether oxygens (including phenoxy) is 1. The van der Waals surface area contributed by atoms with E-state index in [-0.39, 0.29) is 11.1 Å². The van der Waals surface area contributed by atoms with Crippen LogP contribution in [-0.2, 0) is 16.5 Å². The Labute approximate surface area is 188 Å². The van der Waals surface area contributed by atoms with Crippen LogP contribution < -0.4 is 10.9 Å². The molecule has 2 aromatic heterocycles. The number of benzene rings is 1. The van der Waals surface area contributed by atoms with Gasteiger partial charge in [-0.2, -0.15) is 13.2 Å². The quantitative estimate of drug-likeness (QED) is 0.592. The second-order valence-electron chi connectivity index (χ2n) is 8.46. The lowest BCUT2D eigenvalue weighted by molar-refractivity contribution is -0.138. The van der Waals surface area contributed by atoms with Gasteiger partial charge in [-0.25, -0.2) is 9.97 Å². The summed E-state index contributed by atoms with van der Waals surface area (Å²) >= 11 is 0. The second-order valence-corrected chi connectivity index (χ2v) is 8.46. The number of alkyl halides is 3. The first-order chi connectivity index (χ1) is 15.5. The van der Waals surface area contributed by atoms with Gasteiger partial charge >= 0.3 is 6.18 Å². The number of anilines is 1. The van der Waals surface area contributed by atoms with Crippen molar-refractivity contribution in [3.8, 4) is 12.3 Å². The van der Waals surface area contributed by atoms with Crippen molar-refractivity contribution in [3.05, 3.63) is 63.3 Å². The van der Waals surface area contributed by atoms with Crippen LogP contribution in [-0.4, -0.2) is 27.7 Å². The van der Waals surface area contributed by atoms with Crippen molar-refractivity contribution < 1.29 is 17.9 Å². The number of aryl methyl sites for hydroxylation is 1. The maximum atomic E-state index is 13.4. The van der Waals surface area contributed by atoms with Crippen LogP contribution >= 0.6 is 0 Å². The van der Waals surface area contributed by atoms with E-state index in [1.807, 2.05) is 6.92 Å². The summed E-state index contributed by atoms with van der Waals surface area (Å²) < 4.78 is 47.3. The van der Waals surface area contributed by atoms with E-state index in [1.54, 1.807) is 23.8 Å². The Morgan fingerprint density at radius 3 is 2.70 bits per heavy atom. The summed E-state index contributed by atoms with van der Waals surface area (Å²) in [6.45, 7) is 5.94. The van der Waals surface area contributed by atoms with Crippen LogP contribution in [0.4, 0.5) is 19.0 Å². The molecule has 172 valence electrons. The van der Waals surface area contributed by atoms with E-state index < -0.39 is 23.3 Å². The predicted octanol–water partition coefficient (Wildman–Crippen LogP) is 4.35. The number of pyridine rings is 1. The summed E-state index contributed by atoms with van der Waals surface area (Å²) in [6.07, 6.45) is 3.57. The zero-order valence-electron chi connectivity index (χ0n) is 18.5. The highest BCUT2D eigenvalue weighted by molar-refractivity contribution is 5.88. The maximum Gasteiger partial charge on any atom is 0.416 e. The summed E-state index contributed by atoms with van der Waals surface area (Å²) in [5, 5.41) is 3.64. The van der Waals surface area contributed by atoms with Crippen molar-refractivity contribution >= 4 is 16.7 Å². The molecule has 0 radical (unpaired) electrons. The lowest BCUT2D eigenvalue weighted by Crippen LogP contribution is -2.38. The Kier molecular flexibility index (Phi) is 5.66. The van der Waals surface area contributed by atoms with Crippen molar-refractivity contribution in [3.63, 3.8) is 0 Å². The molecule has 6 nitrogen and oxygen atoms in total. The van der Waals surface area contributed by atoms with Crippen molar-refractivity contribution in [2.75, 3.05) is 18.5 Å². The fourth-order valence-electron chi connectivity index (χ4n) is 4.22. The number of nitrogens with zero attached hydrogens (tertiary/aromatic N) is 3. The van der Waals surface area contributed by atoms with Gasteiger partial charge < -0.3 is 14.6 Å². The third-order valence-electron chi connectivity index (χ3n) is 6.06. The molecule has 2 atom stereocenters. The third kappa shape index (κ3) is 4.18. The molecule has 3 heterocycles. The van der Waals surface area contributed by atoms with E-state index in [9.17, 15) is 18.0 Å². The van der Waals surface area contributed by atoms with Crippen LogP contribution in [0.1, 0.15) is 41.9 Å². The Morgan fingerprint density at radius 2 is 2.06 bits per heavy atom. The summed E-state index contributed by atoms with van der Waals surface area (Å²) in [5.41, 5.74) is -0.693. The van der Waals surface area contributed by atoms with Crippen LogP contribution in [0, 0.1) is 26.2 Å². The highest BCUT2D eigenvalue weighted by Crippen LogP contribution is 2.35. The molecule has 1 aliphatic rings. The lowest BCUT2D eigenvalue weighted by atomic mass is 9.96. The van der Waals surface area contributed by atoms with E-state index >= 15 is 0 Å². The standard InChI is InChI=1S/C24H23F3N4O2/c1-5-19(16-7-6-8-18(14(16)2)24(25,26)27)30-22-17-12-31(23(4)9-10-33-13-23)21(32)11-20(17)28-15(3)29-22/h1,6-8,11-12,19H,9-10,13H2,2-4H3,(H,28,29,30)/t19-,23?/m1/s1. The van der Waals surface area contributed by atoms with E-state index in [0.717, 1.165) is 6.07 Å². The zero-order valence-corrected chi connectivity index (χ0v) is 18.5. The van der Waals surface area contributed by atoms with Gasteiger partial charge in [-0.1, -0.05) is 18.1 Å². The van der Waals surface area contributed by atoms with Gasteiger partial charge in [-0.3, -0.25) is 4.79 Å². The molecule has 0 amide bonds. The number of fused-ring (bicyclic) bond motifs is 1. The number of terminal acetylenes is 1. The molecule has 0 bridgehead atoms. The fraction of sp³-hybridized carbons (Fsp3) is 0.375. The molecule has 4 rings (SSSR count). The largest absolute Gasteiger partial charge is 0.416 e. The number of aromatic nitrogens is 3. The molecular weight excluding hydrogens is 433 g/mol. The first-order valence-corrected chi connectivity index (χ1v) is 10.4. The maximum absolute atomic E-state index is 13.4. The van der Waals surface area contributed by atoms with E-state index in [1.165, 1.54) is 19.1 Å². The van der Waals surface area contributed by atoms with Crippen molar-refractivity contribution in [1.29, 1.82) is 0 Å². The fourth-order valence-corrected chi connectivity index (χ4v) is 4.22. The van der Waals surface area contributed by atoms with Gasteiger partial charge in [0.2, 0.25) is 0 Å². The average Bonchev–Trinajstić information content (AvgIpc) is 3.18. The number of hydrogen-bond acceptors (Lipinski definition) is 5. The van der Waals surface area contributed by atoms with Gasteiger partial charge in [0.15, 0.2) is 0 Å². The smallest absolute Gasteiger partial charge is 0.379 e. The molecule has 33 heavy (non-hydrogen) atoms. The number of rotatable bonds is 4. The molecule has 1 N–H and O–H groups in total. The zero-order chi connectivity index (χ0) is 24.0. The number of hydrogen-bond donors (Lipinski definition) is 1. The van der Waals surface area contributed by atoms with Crippen LogP contribution in [0.5, 0.6) is 0 Å². The lowest BCUT2D eigenvalue weighted by Gasteiger charge is -2.26. The molecule has 0 saturated carbocycles. The monoisotopic (exact) mass is 456 g/mol. The van der Waals surface area contributed by atoms with Crippen LogP contribution in [0.3, 0.4) is 0 Å². The normalized spacial score (nSPS) is 19.4. The molecule has 3 aromatic rings. The number of nitrogens with one attached hydrogen (secondary N) is 1. The van der Waals surface area contributed by atoms with Crippen LogP contribution in [0.15, 0.2) is 35.3 Å². The Morgan fingerprint density at radius 1 is 1.30 bits per heavy atom. The summed E-state index contributed by atoms with van der Waals surface area (Å²) in [7, 11) is 0. The minimum absolute atomic E-state index is 0.0445. The molecule has 1 unspecified atom stereocenters. The predicted molar refractivity (Wildman–Crippen MR) is 119 cm³/mol. The highest BCUT2D eigenvalue weighted by Gasteiger charge is 2.34. The third-order valence-corrected chi connectivity index (χ3v) is 6.06.